The maximum atomic E-state index is 13.2. The van der Waals surface area contributed by atoms with Crippen LogP contribution in [0.1, 0.15) is 5.56 Å². The number of carbonyl (C=O) groups excluding carboxylic acids is 1. The molecular formula is C16H15F2N3O3. The molecule has 1 fully saturated rings. The van der Waals surface area contributed by atoms with Crippen molar-refractivity contribution in [3.63, 3.8) is 0 Å². The van der Waals surface area contributed by atoms with Crippen molar-refractivity contribution < 1.29 is 23.0 Å². The fraction of sp³-hybridized carbons (Fsp3) is 0.375. The Morgan fingerprint density at radius 1 is 1.33 bits per heavy atom. The molecule has 0 spiro atoms. The van der Waals surface area contributed by atoms with E-state index < -0.39 is 18.6 Å². The molecule has 0 radical (unpaired) electrons. The lowest BCUT2D eigenvalue weighted by atomic mass is 10.1. The van der Waals surface area contributed by atoms with Gasteiger partial charge in [0.15, 0.2) is 5.82 Å². The van der Waals surface area contributed by atoms with E-state index >= 15 is 0 Å². The quantitative estimate of drug-likeness (QED) is 0.847. The molecule has 0 N–H and O–H groups in total. The number of cyclic esters (lactones) is 1. The SMILES string of the molecule is Cc1ccc2c(c1)OCCn1cc(N3C(=O)OC[C@H]3C(F)F)nc1-2. The molecule has 24 heavy (non-hydrogen) atoms. The molecule has 8 heteroatoms. The first-order valence-electron chi connectivity index (χ1n) is 7.60. The second-order valence-corrected chi connectivity index (χ2v) is 5.81. The van der Waals surface area contributed by atoms with E-state index in [1.54, 1.807) is 6.20 Å². The summed E-state index contributed by atoms with van der Waals surface area (Å²) in [6, 6.07) is 4.40. The first-order valence-corrected chi connectivity index (χ1v) is 7.60. The zero-order valence-corrected chi connectivity index (χ0v) is 12.9. The highest BCUT2D eigenvalue weighted by atomic mass is 19.3. The number of hydrogen-bond acceptors (Lipinski definition) is 4. The van der Waals surface area contributed by atoms with Gasteiger partial charge in [-0.05, 0) is 24.6 Å². The van der Waals surface area contributed by atoms with Crippen LogP contribution in [0.15, 0.2) is 24.4 Å². The lowest BCUT2D eigenvalue weighted by Crippen LogP contribution is -2.38. The van der Waals surface area contributed by atoms with Crippen LogP contribution in [0.25, 0.3) is 11.4 Å². The highest BCUT2D eigenvalue weighted by Crippen LogP contribution is 2.35. The average Bonchev–Trinajstić information content (AvgIpc) is 3.07. The van der Waals surface area contributed by atoms with Crippen LogP contribution in [0.5, 0.6) is 5.75 Å². The van der Waals surface area contributed by atoms with Crippen LogP contribution in [0.3, 0.4) is 0 Å². The van der Waals surface area contributed by atoms with Crippen molar-refractivity contribution in [2.45, 2.75) is 25.9 Å². The number of anilines is 1. The second kappa shape index (κ2) is 5.47. The Morgan fingerprint density at radius 3 is 2.96 bits per heavy atom. The van der Waals surface area contributed by atoms with Crippen molar-refractivity contribution in [2.75, 3.05) is 18.1 Å². The lowest BCUT2D eigenvalue weighted by Gasteiger charge is -2.17. The summed E-state index contributed by atoms with van der Waals surface area (Å²) in [6.45, 7) is 2.57. The number of amides is 1. The summed E-state index contributed by atoms with van der Waals surface area (Å²) in [4.78, 5) is 17.2. The van der Waals surface area contributed by atoms with Gasteiger partial charge in [-0.3, -0.25) is 0 Å². The molecule has 6 nitrogen and oxygen atoms in total. The Bertz CT molecular complexity index is 806. The molecule has 2 aliphatic rings. The van der Waals surface area contributed by atoms with E-state index in [2.05, 4.69) is 4.98 Å². The third kappa shape index (κ3) is 2.29. The molecule has 1 saturated heterocycles. The topological polar surface area (TPSA) is 56.6 Å². The standard InChI is InChI=1S/C16H15F2N3O3/c1-9-2-3-10-12(6-9)23-5-4-20-7-13(19-15(10)20)21-11(14(17)18)8-24-16(21)22/h2-3,6-7,11,14H,4-5,8H2,1H3/t11-/m0/s1. The third-order valence-corrected chi connectivity index (χ3v) is 4.18. The van der Waals surface area contributed by atoms with Gasteiger partial charge in [0.2, 0.25) is 0 Å². The molecule has 0 saturated carbocycles. The van der Waals surface area contributed by atoms with Crippen molar-refractivity contribution in [3.8, 4) is 17.1 Å². The molecule has 0 aliphatic carbocycles. The monoisotopic (exact) mass is 335 g/mol. The van der Waals surface area contributed by atoms with Crippen LogP contribution in [0.4, 0.5) is 19.4 Å². The number of fused-ring (bicyclic) bond motifs is 3. The number of benzene rings is 1. The Hall–Kier alpha value is -2.64. The van der Waals surface area contributed by atoms with Gasteiger partial charge >= 0.3 is 6.09 Å². The summed E-state index contributed by atoms with van der Waals surface area (Å²) in [5, 5.41) is 0. The molecule has 3 heterocycles. The van der Waals surface area contributed by atoms with E-state index in [4.69, 9.17) is 9.47 Å². The minimum absolute atomic E-state index is 0.172. The van der Waals surface area contributed by atoms with Gasteiger partial charge in [0.05, 0.1) is 12.1 Å². The summed E-state index contributed by atoms with van der Waals surface area (Å²) in [7, 11) is 0. The fourth-order valence-corrected chi connectivity index (χ4v) is 2.98. The highest BCUT2D eigenvalue weighted by Gasteiger charge is 2.42. The van der Waals surface area contributed by atoms with Gasteiger partial charge < -0.3 is 14.0 Å². The number of hydrogen-bond donors (Lipinski definition) is 0. The number of carbonyl (C=O) groups is 1. The molecule has 1 atom stereocenters. The molecule has 126 valence electrons. The minimum atomic E-state index is -2.70. The second-order valence-electron chi connectivity index (χ2n) is 5.81. The molecular weight excluding hydrogens is 320 g/mol. The maximum absolute atomic E-state index is 13.2. The fourth-order valence-electron chi connectivity index (χ4n) is 2.98. The summed E-state index contributed by atoms with van der Waals surface area (Å²) in [5.41, 5.74) is 1.82. The van der Waals surface area contributed by atoms with E-state index in [0.717, 1.165) is 16.0 Å². The van der Waals surface area contributed by atoms with Crippen LogP contribution in [-0.4, -0.2) is 41.3 Å². The number of rotatable bonds is 2. The van der Waals surface area contributed by atoms with Crippen molar-refractivity contribution in [1.82, 2.24) is 9.55 Å². The number of aromatic nitrogens is 2. The molecule has 2 aliphatic heterocycles. The minimum Gasteiger partial charge on any atom is -0.491 e. The number of imidazole rings is 1. The first kappa shape index (κ1) is 14.9. The van der Waals surface area contributed by atoms with Crippen LogP contribution in [0.2, 0.25) is 0 Å². The van der Waals surface area contributed by atoms with Crippen molar-refractivity contribution in [2.24, 2.45) is 0 Å². The largest absolute Gasteiger partial charge is 0.491 e. The molecule has 0 bridgehead atoms. The van der Waals surface area contributed by atoms with Gasteiger partial charge in [-0.2, -0.15) is 0 Å². The van der Waals surface area contributed by atoms with Crippen molar-refractivity contribution >= 4 is 11.9 Å². The number of halogens is 2. The molecule has 1 amide bonds. The average molecular weight is 335 g/mol. The zero-order valence-electron chi connectivity index (χ0n) is 12.9. The number of ether oxygens (including phenoxy) is 2. The third-order valence-electron chi connectivity index (χ3n) is 4.18. The molecule has 4 rings (SSSR count). The van der Waals surface area contributed by atoms with Crippen LogP contribution < -0.4 is 9.64 Å². The molecule has 0 unspecified atom stereocenters. The Balaban J connectivity index is 1.79. The Kier molecular flexibility index (Phi) is 3.40. The predicted octanol–water partition coefficient (Wildman–Crippen LogP) is 2.84. The highest BCUT2D eigenvalue weighted by molar-refractivity contribution is 5.89. The van der Waals surface area contributed by atoms with Crippen LogP contribution >= 0.6 is 0 Å². The summed E-state index contributed by atoms with van der Waals surface area (Å²) in [6.07, 6.45) is -1.90. The van der Waals surface area contributed by atoms with E-state index in [1.807, 2.05) is 29.7 Å². The maximum Gasteiger partial charge on any atom is 0.416 e. The predicted molar refractivity (Wildman–Crippen MR) is 81.5 cm³/mol. The van der Waals surface area contributed by atoms with Crippen LogP contribution in [0, 0.1) is 6.92 Å². The van der Waals surface area contributed by atoms with Gasteiger partial charge in [0, 0.05) is 6.20 Å². The Morgan fingerprint density at radius 2 is 2.17 bits per heavy atom. The van der Waals surface area contributed by atoms with Crippen molar-refractivity contribution in [1.29, 1.82) is 0 Å². The lowest BCUT2D eigenvalue weighted by molar-refractivity contribution is 0.104. The van der Waals surface area contributed by atoms with E-state index in [-0.39, 0.29) is 12.4 Å². The van der Waals surface area contributed by atoms with E-state index in [0.29, 0.717) is 24.7 Å². The normalized spacial score (nSPS) is 19.6. The molecule has 1 aromatic heterocycles. The van der Waals surface area contributed by atoms with Crippen LogP contribution in [-0.2, 0) is 11.3 Å². The van der Waals surface area contributed by atoms with Gasteiger partial charge in [-0.15, -0.1) is 0 Å². The number of aryl methyl sites for hydroxylation is 1. The molecule has 2 aromatic rings. The smallest absolute Gasteiger partial charge is 0.416 e. The first-order chi connectivity index (χ1) is 11.5. The number of alkyl halides is 2. The molecule has 1 aromatic carbocycles. The Labute approximate surface area is 136 Å². The van der Waals surface area contributed by atoms with Gasteiger partial charge in [-0.1, -0.05) is 6.07 Å². The summed E-state index contributed by atoms with van der Waals surface area (Å²) < 4.78 is 38.6. The summed E-state index contributed by atoms with van der Waals surface area (Å²) in [5.74, 6) is 1.46. The van der Waals surface area contributed by atoms with Crippen molar-refractivity contribution in [3.05, 3.63) is 30.0 Å². The number of nitrogens with zero attached hydrogens (tertiary/aromatic N) is 3. The van der Waals surface area contributed by atoms with Gasteiger partial charge in [0.25, 0.3) is 6.43 Å². The van der Waals surface area contributed by atoms with Gasteiger partial charge in [0.1, 0.15) is 30.8 Å². The van der Waals surface area contributed by atoms with E-state index in [9.17, 15) is 13.6 Å². The summed E-state index contributed by atoms with van der Waals surface area (Å²) >= 11 is 0. The zero-order chi connectivity index (χ0) is 16.8. The van der Waals surface area contributed by atoms with Gasteiger partial charge in [-0.25, -0.2) is 23.5 Å². The van der Waals surface area contributed by atoms with E-state index in [1.165, 1.54) is 0 Å².